The number of anilines is 1. The summed E-state index contributed by atoms with van der Waals surface area (Å²) >= 11 is 0. The molecule has 0 amide bonds. The standard InChI is InChI=1S/C10H20.C6H6FN.ClH/c1-4-9-7-5-6-8-10(9,2)3;7-5-2-1-3-6(8)4-5;/h9H,4-8H2,1-3H3;1-4H,8H2;1H. The highest BCUT2D eigenvalue weighted by atomic mass is 35.5. The maximum atomic E-state index is 12.1. The quantitative estimate of drug-likeness (QED) is 0.684. The van der Waals surface area contributed by atoms with Gasteiger partial charge in [0.25, 0.3) is 0 Å². The number of halogens is 2. The van der Waals surface area contributed by atoms with Crippen LogP contribution in [0.5, 0.6) is 0 Å². The van der Waals surface area contributed by atoms with Gasteiger partial charge in [-0.1, -0.05) is 46.1 Å². The Bertz CT molecular complexity index is 348. The van der Waals surface area contributed by atoms with Crippen LogP contribution in [0, 0.1) is 17.2 Å². The lowest BCUT2D eigenvalue weighted by Gasteiger charge is -2.38. The summed E-state index contributed by atoms with van der Waals surface area (Å²) in [6.07, 6.45) is 7.24. The maximum absolute atomic E-state index is 12.1. The van der Waals surface area contributed by atoms with Crippen LogP contribution in [0.25, 0.3) is 0 Å². The van der Waals surface area contributed by atoms with Crippen molar-refractivity contribution in [1.82, 2.24) is 0 Å². The van der Waals surface area contributed by atoms with Crippen molar-refractivity contribution in [2.45, 2.75) is 52.9 Å². The van der Waals surface area contributed by atoms with Crippen LogP contribution in [-0.4, -0.2) is 0 Å². The van der Waals surface area contributed by atoms with Crippen LogP contribution in [0.15, 0.2) is 24.3 Å². The summed E-state index contributed by atoms with van der Waals surface area (Å²) in [6, 6.07) is 5.85. The molecule has 1 aromatic carbocycles. The van der Waals surface area contributed by atoms with Gasteiger partial charge in [-0.05, 0) is 42.4 Å². The molecule has 1 saturated carbocycles. The number of hydrogen-bond donors (Lipinski definition) is 1. The summed E-state index contributed by atoms with van der Waals surface area (Å²) in [4.78, 5) is 0. The van der Waals surface area contributed by atoms with E-state index in [2.05, 4.69) is 20.8 Å². The van der Waals surface area contributed by atoms with Gasteiger partial charge in [0.2, 0.25) is 0 Å². The Labute approximate surface area is 123 Å². The molecule has 110 valence electrons. The number of rotatable bonds is 1. The Balaban J connectivity index is 0.000000331. The van der Waals surface area contributed by atoms with Crippen LogP contribution in [0.4, 0.5) is 10.1 Å². The highest BCUT2D eigenvalue weighted by Gasteiger charge is 2.30. The van der Waals surface area contributed by atoms with E-state index in [-0.39, 0.29) is 18.2 Å². The highest BCUT2D eigenvalue weighted by molar-refractivity contribution is 5.85. The summed E-state index contributed by atoms with van der Waals surface area (Å²) in [5, 5.41) is 0. The van der Waals surface area contributed by atoms with Crippen LogP contribution >= 0.6 is 12.4 Å². The Hall–Kier alpha value is -0.760. The molecule has 0 saturated heterocycles. The van der Waals surface area contributed by atoms with Crippen LogP contribution in [0.1, 0.15) is 52.9 Å². The SMILES string of the molecule is CCC1CCCCC1(C)C.Cl.Nc1cccc(F)c1. The van der Waals surface area contributed by atoms with Gasteiger partial charge in [0, 0.05) is 5.69 Å². The highest BCUT2D eigenvalue weighted by Crippen LogP contribution is 2.41. The van der Waals surface area contributed by atoms with Crippen molar-refractivity contribution in [3.8, 4) is 0 Å². The minimum Gasteiger partial charge on any atom is -0.399 e. The summed E-state index contributed by atoms with van der Waals surface area (Å²) in [7, 11) is 0. The second-order valence-electron chi connectivity index (χ2n) is 5.89. The first-order valence-corrected chi connectivity index (χ1v) is 6.96. The molecule has 1 aliphatic rings. The van der Waals surface area contributed by atoms with Crippen LogP contribution < -0.4 is 5.73 Å². The smallest absolute Gasteiger partial charge is 0.125 e. The fraction of sp³-hybridized carbons (Fsp3) is 0.625. The Morgan fingerprint density at radius 1 is 1.32 bits per heavy atom. The molecule has 0 spiro atoms. The molecule has 1 aromatic rings. The van der Waals surface area contributed by atoms with Gasteiger partial charge in [-0.2, -0.15) is 0 Å². The molecule has 0 bridgehead atoms. The van der Waals surface area contributed by atoms with Crippen molar-refractivity contribution in [2.24, 2.45) is 11.3 Å². The van der Waals surface area contributed by atoms with E-state index in [0.29, 0.717) is 11.1 Å². The fourth-order valence-corrected chi connectivity index (χ4v) is 2.83. The minimum absolute atomic E-state index is 0. The van der Waals surface area contributed by atoms with E-state index in [4.69, 9.17) is 5.73 Å². The monoisotopic (exact) mass is 287 g/mol. The molecule has 0 aliphatic heterocycles. The van der Waals surface area contributed by atoms with Crippen molar-refractivity contribution in [2.75, 3.05) is 5.73 Å². The van der Waals surface area contributed by atoms with Gasteiger partial charge in [-0.3, -0.25) is 0 Å². The fourth-order valence-electron chi connectivity index (χ4n) is 2.83. The molecule has 1 fully saturated rings. The van der Waals surface area contributed by atoms with Gasteiger partial charge in [-0.25, -0.2) is 4.39 Å². The van der Waals surface area contributed by atoms with Crippen molar-refractivity contribution in [1.29, 1.82) is 0 Å². The van der Waals surface area contributed by atoms with Gasteiger partial charge in [0.1, 0.15) is 5.82 Å². The Morgan fingerprint density at radius 2 is 2.00 bits per heavy atom. The minimum atomic E-state index is -0.287. The largest absolute Gasteiger partial charge is 0.399 e. The van der Waals surface area contributed by atoms with Gasteiger partial charge < -0.3 is 5.73 Å². The number of nitrogens with two attached hydrogens (primary N) is 1. The van der Waals surface area contributed by atoms with Crippen LogP contribution in [-0.2, 0) is 0 Å². The summed E-state index contributed by atoms with van der Waals surface area (Å²) in [5.74, 6) is 0.714. The van der Waals surface area contributed by atoms with Gasteiger partial charge in [0.05, 0.1) is 0 Å². The van der Waals surface area contributed by atoms with E-state index < -0.39 is 0 Å². The topological polar surface area (TPSA) is 26.0 Å². The first kappa shape index (κ1) is 18.2. The molecular formula is C16H27ClFN. The van der Waals surface area contributed by atoms with E-state index in [0.717, 1.165) is 5.92 Å². The first-order valence-electron chi connectivity index (χ1n) is 6.96. The molecule has 2 rings (SSSR count). The maximum Gasteiger partial charge on any atom is 0.125 e. The van der Waals surface area contributed by atoms with Gasteiger partial charge in [-0.15, -0.1) is 12.4 Å². The Morgan fingerprint density at radius 3 is 2.37 bits per heavy atom. The molecule has 1 unspecified atom stereocenters. The lowest BCUT2D eigenvalue weighted by molar-refractivity contribution is 0.134. The molecule has 3 heteroatoms. The zero-order chi connectivity index (χ0) is 13.6. The van der Waals surface area contributed by atoms with Crippen LogP contribution in [0.2, 0.25) is 0 Å². The van der Waals surface area contributed by atoms with E-state index in [9.17, 15) is 4.39 Å². The summed E-state index contributed by atoms with van der Waals surface area (Å²) in [5.41, 5.74) is 6.33. The first-order chi connectivity index (χ1) is 8.45. The molecule has 0 radical (unpaired) electrons. The van der Waals surface area contributed by atoms with Crippen molar-refractivity contribution in [3.63, 3.8) is 0 Å². The third-order valence-corrected chi connectivity index (χ3v) is 4.07. The predicted octanol–water partition coefficient (Wildman–Crippen LogP) is 5.44. The Kier molecular flexibility index (Phi) is 8.08. The molecule has 0 aromatic heterocycles. The molecular weight excluding hydrogens is 261 g/mol. The van der Waals surface area contributed by atoms with Gasteiger partial charge >= 0.3 is 0 Å². The molecule has 1 nitrogen and oxygen atoms in total. The number of nitrogen functional groups attached to an aromatic ring is 1. The molecule has 19 heavy (non-hydrogen) atoms. The third-order valence-electron chi connectivity index (χ3n) is 4.07. The van der Waals surface area contributed by atoms with Gasteiger partial charge in [0.15, 0.2) is 0 Å². The average Bonchev–Trinajstić information content (AvgIpc) is 2.29. The number of benzene rings is 1. The van der Waals surface area contributed by atoms with E-state index in [1.807, 2.05) is 0 Å². The van der Waals surface area contributed by atoms with E-state index in [1.165, 1.54) is 44.2 Å². The molecule has 2 N–H and O–H groups in total. The summed E-state index contributed by atoms with van der Waals surface area (Å²) in [6.45, 7) is 7.19. The molecule has 1 aliphatic carbocycles. The second-order valence-corrected chi connectivity index (χ2v) is 5.89. The summed E-state index contributed by atoms with van der Waals surface area (Å²) < 4.78 is 12.1. The van der Waals surface area contributed by atoms with E-state index in [1.54, 1.807) is 12.1 Å². The van der Waals surface area contributed by atoms with E-state index >= 15 is 0 Å². The van der Waals surface area contributed by atoms with Crippen molar-refractivity contribution >= 4 is 18.1 Å². The molecule has 1 atom stereocenters. The predicted molar refractivity (Wildman–Crippen MR) is 84.1 cm³/mol. The normalized spacial score (nSPS) is 20.7. The number of hydrogen-bond acceptors (Lipinski definition) is 1. The lowest BCUT2D eigenvalue weighted by atomic mass is 9.68. The van der Waals surface area contributed by atoms with Crippen LogP contribution in [0.3, 0.4) is 0 Å². The zero-order valence-corrected chi connectivity index (χ0v) is 13.1. The van der Waals surface area contributed by atoms with Crippen molar-refractivity contribution in [3.05, 3.63) is 30.1 Å². The average molecular weight is 288 g/mol. The zero-order valence-electron chi connectivity index (χ0n) is 12.3. The third kappa shape index (κ3) is 6.29. The molecule has 0 heterocycles. The van der Waals surface area contributed by atoms with Crippen molar-refractivity contribution < 1.29 is 4.39 Å². The second kappa shape index (κ2) is 8.42. The lowest BCUT2D eigenvalue weighted by Crippen LogP contribution is -2.26.